The van der Waals surface area contributed by atoms with E-state index in [1.165, 1.54) is 51.4 Å². The van der Waals surface area contributed by atoms with Crippen LogP contribution in [-0.2, 0) is 4.79 Å². The summed E-state index contributed by atoms with van der Waals surface area (Å²) >= 11 is 0. The van der Waals surface area contributed by atoms with Crippen LogP contribution in [0.25, 0.3) is 0 Å². The number of carbonyl (C=O) groups excluding carboxylic acids is 1. The van der Waals surface area contributed by atoms with E-state index in [2.05, 4.69) is 11.4 Å². The zero-order chi connectivity index (χ0) is 18.6. The summed E-state index contributed by atoms with van der Waals surface area (Å²) in [6.45, 7) is 0.807. The number of amides is 1. The van der Waals surface area contributed by atoms with Crippen molar-refractivity contribution in [2.45, 2.75) is 88.9 Å². The highest BCUT2D eigenvalue weighted by Gasteiger charge is 2.44. The summed E-state index contributed by atoms with van der Waals surface area (Å²) in [6, 6.07) is 5.79. The van der Waals surface area contributed by atoms with Gasteiger partial charge in [-0.2, -0.15) is 0 Å². The molecule has 3 aliphatic rings. The molecule has 2 nitrogen and oxygen atoms in total. The van der Waals surface area contributed by atoms with E-state index in [4.69, 9.17) is 0 Å². The van der Waals surface area contributed by atoms with Gasteiger partial charge in [-0.1, -0.05) is 63.5 Å². The van der Waals surface area contributed by atoms with Gasteiger partial charge in [0.25, 0.3) is 0 Å². The molecule has 0 heterocycles. The first kappa shape index (κ1) is 19.0. The van der Waals surface area contributed by atoms with Gasteiger partial charge in [-0.3, -0.25) is 4.79 Å². The van der Waals surface area contributed by atoms with E-state index in [1.54, 1.807) is 6.07 Å². The van der Waals surface area contributed by atoms with Crippen molar-refractivity contribution in [1.29, 1.82) is 0 Å². The van der Waals surface area contributed by atoms with Crippen LogP contribution in [0.3, 0.4) is 0 Å². The van der Waals surface area contributed by atoms with Gasteiger partial charge in [0.2, 0.25) is 5.91 Å². The number of rotatable bonds is 6. The lowest BCUT2D eigenvalue weighted by atomic mass is 9.83. The Labute approximate surface area is 163 Å². The number of hydrogen-bond donors (Lipinski definition) is 1. The van der Waals surface area contributed by atoms with E-state index in [0.717, 1.165) is 49.3 Å². The van der Waals surface area contributed by atoms with E-state index in [9.17, 15) is 9.18 Å². The van der Waals surface area contributed by atoms with Gasteiger partial charge in [0.05, 0.1) is 0 Å². The number of nitrogens with one attached hydrogen (secondary N) is 1. The van der Waals surface area contributed by atoms with E-state index < -0.39 is 0 Å². The maximum Gasteiger partial charge on any atom is 0.223 e. The van der Waals surface area contributed by atoms with Crippen LogP contribution < -0.4 is 5.32 Å². The Kier molecular flexibility index (Phi) is 6.14. The molecule has 1 N–H and O–H groups in total. The molecule has 148 valence electrons. The van der Waals surface area contributed by atoms with Crippen LogP contribution in [0.2, 0.25) is 0 Å². The number of halogens is 1. The molecule has 3 saturated carbocycles. The van der Waals surface area contributed by atoms with Gasteiger partial charge in [0.15, 0.2) is 0 Å². The molecule has 0 radical (unpaired) electrons. The molecule has 3 fully saturated rings. The number of benzene rings is 1. The van der Waals surface area contributed by atoms with Gasteiger partial charge in [-0.05, 0) is 60.6 Å². The highest BCUT2D eigenvalue weighted by molar-refractivity contribution is 5.82. The highest BCUT2D eigenvalue weighted by atomic mass is 19.1. The summed E-state index contributed by atoms with van der Waals surface area (Å²) in [4.78, 5) is 12.4. The third-order valence-electron chi connectivity index (χ3n) is 7.20. The topological polar surface area (TPSA) is 29.1 Å². The molecule has 3 heteroatoms. The van der Waals surface area contributed by atoms with Gasteiger partial charge in [0.1, 0.15) is 5.82 Å². The van der Waals surface area contributed by atoms with Crippen LogP contribution >= 0.6 is 0 Å². The summed E-state index contributed by atoms with van der Waals surface area (Å²) in [7, 11) is 0. The van der Waals surface area contributed by atoms with Crippen molar-refractivity contribution in [3.05, 3.63) is 35.1 Å². The largest absolute Gasteiger partial charge is 0.356 e. The minimum Gasteiger partial charge on any atom is -0.356 e. The van der Waals surface area contributed by atoms with Crippen molar-refractivity contribution < 1.29 is 9.18 Å². The molecular weight excluding hydrogens is 337 g/mol. The molecular formula is C24H34FNO. The lowest BCUT2D eigenvalue weighted by molar-refractivity contribution is -0.122. The van der Waals surface area contributed by atoms with Crippen LogP contribution in [0.1, 0.15) is 100 Å². The fraction of sp³-hybridized carbons (Fsp3) is 0.708. The minimum atomic E-state index is -0.0530. The van der Waals surface area contributed by atoms with Crippen molar-refractivity contribution in [2.75, 3.05) is 6.54 Å². The van der Waals surface area contributed by atoms with E-state index in [1.807, 2.05) is 6.07 Å². The quantitative estimate of drug-likeness (QED) is 0.646. The first-order chi connectivity index (χ1) is 13.2. The molecule has 0 saturated heterocycles. The van der Waals surface area contributed by atoms with E-state index >= 15 is 0 Å². The Balaban J connectivity index is 1.26. The highest BCUT2D eigenvalue weighted by Crippen LogP contribution is 2.48. The Morgan fingerprint density at radius 1 is 1.00 bits per heavy atom. The first-order valence-electron chi connectivity index (χ1n) is 11.3. The fourth-order valence-electron chi connectivity index (χ4n) is 5.38. The van der Waals surface area contributed by atoms with Crippen molar-refractivity contribution in [2.24, 2.45) is 11.8 Å². The second-order valence-corrected chi connectivity index (χ2v) is 9.15. The van der Waals surface area contributed by atoms with Crippen molar-refractivity contribution in [1.82, 2.24) is 5.32 Å². The molecule has 3 aliphatic carbocycles. The summed E-state index contributed by atoms with van der Waals surface area (Å²) < 4.78 is 14.7. The van der Waals surface area contributed by atoms with Crippen LogP contribution in [0.5, 0.6) is 0 Å². The summed E-state index contributed by atoms with van der Waals surface area (Å²) in [5.41, 5.74) is 1.91. The third kappa shape index (κ3) is 4.73. The predicted molar refractivity (Wildman–Crippen MR) is 107 cm³/mol. The third-order valence-corrected chi connectivity index (χ3v) is 7.20. The molecule has 0 bridgehead atoms. The number of carbonyl (C=O) groups is 1. The fourth-order valence-corrected chi connectivity index (χ4v) is 5.38. The number of hydrogen-bond acceptors (Lipinski definition) is 1. The Bertz CT molecular complexity index is 646. The Morgan fingerprint density at radius 2 is 1.70 bits per heavy atom. The van der Waals surface area contributed by atoms with Gasteiger partial charge >= 0.3 is 0 Å². The monoisotopic (exact) mass is 371 g/mol. The first-order valence-corrected chi connectivity index (χ1v) is 11.3. The lowest BCUT2D eigenvalue weighted by Gasteiger charge is -2.22. The van der Waals surface area contributed by atoms with E-state index in [0.29, 0.717) is 5.92 Å². The molecule has 1 amide bonds. The molecule has 1 aromatic carbocycles. The second-order valence-electron chi connectivity index (χ2n) is 9.15. The molecule has 0 aromatic heterocycles. The van der Waals surface area contributed by atoms with Crippen molar-refractivity contribution in [3.63, 3.8) is 0 Å². The molecule has 2 unspecified atom stereocenters. The SMILES string of the molecule is O=C(NCCC1CCCCC1)C1CC1c1ccc(C2CCCCC2)c(F)c1. The van der Waals surface area contributed by atoms with Crippen molar-refractivity contribution >= 4 is 5.91 Å². The zero-order valence-electron chi connectivity index (χ0n) is 16.5. The second kappa shape index (κ2) is 8.75. The van der Waals surface area contributed by atoms with Crippen LogP contribution in [0, 0.1) is 17.7 Å². The smallest absolute Gasteiger partial charge is 0.223 e. The maximum atomic E-state index is 14.7. The summed E-state index contributed by atoms with van der Waals surface area (Å²) in [5.74, 6) is 1.59. The zero-order valence-corrected chi connectivity index (χ0v) is 16.5. The summed E-state index contributed by atoms with van der Waals surface area (Å²) in [6.07, 6.45) is 14.7. The van der Waals surface area contributed by atoms with Crippen LogP contribution in [-0.4, -0.2) is 12.5 Å². The van der Waals surface area contributed by atoms with Gasteiger partial charge < -0.3 is 5.32 Å². The lowest BCUT2D eigenvalue weighted by Crippen LogP contribution is -2.28. The average Bonchev–Trinajstić information content (AvgIpc) is 3.50. The predicted octanol–water partition coefficient (Wildman–Crippen LogP) is 6.06. The van der Waals surface area contributed by atoms with Crippen LogP contribution in [0.15, 0.2) is 18.2 Å². The molecule has 4 rings (SSSR count). The van der Waals surface area contributed by atoms with Gasteiger partial charge in [-0.25, -0.2) is 4.39 Å². The van der Waals surface area contributed by atoms with Gasteiger partial charge in [0, 0.05) is 12.5 Å². The maximum absolute atomic E-state index is 14.7. The Morgan fingerprint density at radius 3 is 2.41 bits per heavy atom. The molecule has 1 aromatic rings. The molecule has 2 atom stereocenters. The molecule has 0 aliphatic heterocycles. The van der Waals surface area contributed by atoms with Crippen LogP contribution in [0.4, 0.5) is 4.39 Å². The van der Waals surface area contributed by atoms with Gasteiger partial charge in [-0.15, -0.1) is 0 Å². The minimum absolute atomic E-state index is 0.0521. The van der Waals surface area contributed by atoms with Crippen molar-refractivity contribution in [3.8, 4) is 0 Å². The Hall–Kier alpha value is -1.38. The molecule has 0 spiro atoms. The summed E-state index contributed by atoms with van der Waals surface area (Å²) in [5, 5.41) is 3.14. The molecule has 27 heavy (non-hydrogen) atoms. The standard InChI is InChI=1S/C24H34FNO/c25-23-15-19(11-12-20(23)18-9-5-2-6-10-18)21-16-22(21)24(27)26-14-13-17-7-3-1-4-8-17/h11-12,15,17-18,21-22H,1-10,13-14,16H2,(H,26,27). The van der Waals surface area contributed by atoms with E-state index in [-0.39, 0.29) is 23.6 Å². The normalized spacial score (nSPS) is 26.7. The average molecular weight is 372 g/mol.